The Hall–Kier alpha value is -1.79. The first kappa shape index (κ1) is 13.2. The van der Waals surface area contributed by atoms with Crippen molar-refractivity contribution in [3.8, 4) is 5.69 Å². The lowest BCUT2D eigenvalue weighted by Crippen LogP contribution is -2.20. The number of hydrogen-bond donors (Lipinski definition) is 1. The van der Waals surface area contributed by atoms with E-state index in [0.717, 1.165) is 0 Å². The second-order valence-electron chi connectivity index (χ2n) is 4.21. The van der Waals surface area contributed by atoms with Crippen LogP contribution in [0.25, 0.3) is 16.6 Å². The van der Waals surface area contributed by atoms with E-state index >= 15 is 0 Å². The van der Waals surface area contributed by atoms with Gasteiger partial charge in [0, 0.05) is 4.47 Å². The molecule has 0 unspecified atom stereocenters. The number of aromatic amines is 1. The molecule has 3 aromatic rings. The Morgan fingerprint density at radius 1 is 1.20 bits per heavy atom. The standard InChI is InChI=1S/C14H8BrFN2OS/c15-10-7-8(16)5-6-12(10)18-13(19)9-3-1-2-4-11(9)17-14(18)20/h1-7H,(H,17,20). The predicted octanol–water partition coefficient (Wildman–Crippen LogP) is 3.95. The van der Waals surface area contributed by atoms with Gasteiger partial charge in [-0.3, -0.25) is 9.36 Å². The van der Waals surface area contributed by atoms with Gasteiger partial charge in [0.05, 0.1) is 16.6 Å². The Morgan fingerprint density at radius 3 is 2.70 bits per heavy atom. The van der Waals surface area contributed by atoms with Crippen LogP contribution < -0.4 is 5.56 Å². The average molecular weight is 351 g/mol. The first-order chi connectivity index (χ1) is 9.58. The molecular formula is C14H8BrFN2OS. The Bertz CT molecular complexity index is 932. The molecule has 1 heterocycles. The number of H-pyrrole nitrogens is 1. The van der Waals surface area contributed by atoms with Crippen LogP contribution in [0.15, 0.2) is 51.7 Å². The molecule has 3 nitrogen and oxygen atoms in total. The number of rotatable bonds is 1. The van der Waals surface area contributed by atoms with Crippen molar-refractivity contribution in [1.29, 1.82) is 0 Å². The van der Waals surface area contributed by atoms with Gasteiger partial charge < -0.3 is 4.98 Å². The van der Waals surface area contributed by atoms with Crippen LogP contribution in [0, 0.1) is 10.6 Å². The Kier molecular flexibility index (Phi) is 3.27. The molecule has 0 atom stereocenters. The Labute approximate surface area is 126 Å². The molecule has 20 heavy (non-hydrogen) atoms. The fourth-order valence-electron chi connectivity index (χ4n) is 2.04. The average Bonchev–Trinajstić information content (AvgIpc) is 2.41. The molecule has 0 radical (unpaired) electrons. The van der Waals surface area contributed by atoms with Crippen LogP contribution in [0.4, 0.5) is 4.39 Å². The van der Waals surface area contributed by atoms with Gasteiger partial charge in [-0.25, -0.2) is 4.39 Å². The van der Waals surface area contributed by atoms with Gasteiger partial charge in [0.2, 0.25) is 0 Å². The lowest BCUT2D eigenvalue weighted by atomic mass is 10.2. The van der Waals surface area contributed by atoms with Crippen molar-refractivity contribution < 1.29 is 4.39 Å². The van der Waals surface area contributed by atoms with Gasteiger partial charge in [0.15, 0.2) is 4.77 Å². The Morgan fingerprint density at radius 2 is 1.95 bits per heavy atom. The largest absolute Gasteiger partial charge is 0.331 e. The molecule has 0 bridgehead atoms. The van der Waals surface area contributed by atoms with Gasteiger partial charge in [-0.05, 0) is 58.5 Å². The van der Waals surface area contributed by atoms with Crippen LogP contribution in [0.5, 0.6) is 0 Å². The molecule has 3 rings (SSSR count). The fourth-order valence-corrected chi connectivity index (χ4v) is 2.86. The zero-order chi connectivity index (χ0) is 14.3. The summed E-state index contributed by atoms with van der Waals surface area (Å²) in [7, 11) is 0. The quantitative estimate of drug-likeness (QED) is 0.674. The maximum Gasteiger partial charge on any atom is 0.266 e. The highest BCUT2D eigenvalue weighted by Crippen LogP contribution is 2.21. The summed E-state index contributed by atoms with van der Waals surface area (Å²) >= 11 is 8.49. The second kappa shape index (κ2) is 4.96. The fraction of sp³-hybridized carbons (Fsp3) is 0. The van der Waals surface area contributed by atoms with Crippen LogP contribution in [0.2, 0.25) is 0 Å². The van der Waals surface area contributed by atoms with E-state index in [-0.39, 0.29) is 16.1 Å². The maximum atomic E-state index is 13.2. The van der Waals surface area contributed by atoms with Gasteiger partial charge in [0.25, 0.3) is 5.56 Å². The third-order valence-electron chi connectivity index (χ3n) is 2.96. The number of hydrogen-bond acceptors (Lipinski definition) is 2. The van der Waals surface area contributed by atoms with Crippen molar-refractivity contribution >= 4 is 39.1 Å². The van der Waals surface area contributed by atoms with Crippen molar-refractivity contribution in [1.82, 2.24) is 9.55 Å². The molecule has 6 heteroatoms. The minimum absolute atomic E-state index is 0.239. The number of benzene rings is 2. The molecule has 0 saturated carbocycles. The third-order valence-corrected chi connectivity index (χ3v) is 3.88. The third kappa shape index (κ3) is 2.10. The highest BCUT2D eigenvalue weighted by Gasteiger charge is 2.10. The summed E-state index contributed by atoms with van der Waals surface area (Å²) in [5.41, 5.74) is 0.942. The minimum atomic E-state index is -0.385. The van der Waals surface area contributed by atoms with Crippen molar-refractivity contribution in [2.45, 2.75) is 0 Å². The van der Waals surface area contributed by atoms with Crippen molar-refractivity contribution in [3.05, 3.63) is 67.9 Å². The number of nitrogens with zero attached hydrogens (tertiary/aromatic N) is 1. The maximum absolute atomic E-state index is 13.2. The van der Waals surface area contributed by atoms with E-state index in [9.17, 15) is 9.18 Å². The van der Waals surface area contributed by atoms with Crippen LogP contribution in [-0.4, -0.2) is 9.55 Å². The summed E-state index contributed by atoms with van der Waals surface area (Å²) in [6, 6.07) is 11.2. The zero-order valence-corrected chi connectivity index (χ0v) is 12.5. The molecule has 1 N–H and O–H groups in total. The first-order valence-corrected chi connectivity index (χ1v) is 6.97. The van der Waals surface area contributed by atoms with Gasteiger partial charge >= 0.3 is 0 Å². The molecule has 1 aromatic heterocycles. The SMILES string of the molecule is O=c1c2ccccc2[nH]c(=S)n1-c1ccc(F)cc1Br. The zero-order valence-electron chi connectivity index (χ0n) is 10.1. The normalized spacial score (nSPS) is 10.9. The highest BCUT2D eigenvalue weighted by molar-refractivity contribution is 9.10. The summed E-state index contributed by atoms with van der Waals surface area (Å²) in [6.45, 7) is 0. The lowest BCUT2D eigenvalue weighted by molar-refractivity contribution is 0.626. The second-order valence-corrected chi connectivity index (χ2v) is 5.45. The van der Waals surface area contributed by atoms with Gasteiger partial charge in [-0.15, -0.1) is 0 Å². The molecule has 0 aliphatic rings. The van der Waals surface area contributed by atoms with Crippen LogP contribution in [-0.2, 0) is 0 Å². The molecule has 2 aromatic carbocycles. The monoisotopic (exact) mass is 350 g/mol. The summed E-state index contributed by atoms with van der Waals surface area (Å²) in [5, 5.41) is 0.525. The summed E-state index contributed by atoms with van der Waals surface area (Å²) in [4.78, 5) is 15.6. The topological polar surface area (TPSA) is 37.8 Å². The molecule has 0 fully saturated rings. The summed E-state index contributed by atoms with van der Waals surface area (Å²) in [5.74, 6) is -0.385. The van der Waals surface area contributed by atoms with E-state index in [1.54, 1.807) is 18.2 Å². The van der Waals surface area contributed by atoms with E-state index < -0.39 is 0 Å². The molecule has 0 spiro atoms. The summed E-state index contributed by atoms with van der Waals surface area (Å²) < 4.78 is 15.2. The van der Waals surface area contributed by atoms with Crippen LogP contribution in [0.3, 0.4) is 0 Å². The molecular weight excluding hydrogens is 343 g/mol. The first-order valence-electron chi connectivity index (χ1n) is 5.77. The van der Waals surface area contributed by atoms with Crippen molar-refractivity contribution in [2.75, 3.05) is 0 Å². The van der Waals surface area contributed by atoms with Gasteiger partial charge in [-0.2, -0.15) is 0 Å². The van der Waals surface area contributed by atoms with Crippen molar-refractivity contribution in [3.63, 3.8) is 0 Å². The molecule has 100 valence electrons. The lowest BCUT2D eigenvalue weighted by Gasteiger charge is -2.10. The number of nitrogens with one attached hydrogen (secondary N) is 1. The molecule has 0 aliphatic carbocycles. The Balaban J connectivity index is 2.43. The van der Waals surface area contributed by atoms with Crippen LogP contribution in [0.1, 0.15) is 0 Å². The van der Waals surface area contributed by atoms with Gasteiger partial charge in [0.1, 0.15) is 5.82 Å². The molecule has 0 aliphatic heterocycles. The highest BCUT2D eigenvalue weighted by atomic mass is 79.9. The van der Waals surface area contributed by atoms with E-state index in [0.29, 0.717) is 21.1 Å². The number of fused-ring (bicyclic) bond motifs is 1. The van der Waals surface area contributed by atoms with E-state index in [2.05, 4.69) is 20.9 Å². The van der Waals surface area contributed by atoms with E-state index in [1.807, 2.05) is 6.07 Å². The van der Waals surface area contributed by atoms with Crippen molar-refractivity contribution in [2.24, 2.45) is 0 Å². The number of halogens is 2. The minimum Gasteiger partial charge on any atom is -0.331 e. The van der Waals surface area contributed by atoms with Gasteiger partial charge in [-0.1, -0.05) is 12.1 Å². The summed E-state index contributed by atoms with van der Waals surface area (Å²) in [6.07, 6.45) is 0. The number of aromatic nitrogens is 2. The molecule has 0 saturated heterocycles. The smallest absolute Gasteiger partial charge is 0.266 e. The number of para-hydroxylation sites is 1. The van der Waals surface area contributed by atoms with E-state index in [1.165, 1.54) is 22.8 Å². The predicted molar refractivity (Wildman–Crippen MR) is 82.4 cm³/mol. The molecule has 0 amide bonds. The van der Waals surface area contributed by atoms with Crippen LogP contribution >= 0.6 is 28.1 Å². The van der Waals surface area contributed by atoms with E-state index in [4.69, 9.17) is 12.2 Å².